The first-order valence-corrected chi connectivity index (χ1v) is 7.51. The van der Waals surface area contributed by atoms with Gasteiger partial charge in [0.15, 0.2) is 5.82 Å². The van der Waals surface area contributed by atoms with Crippen LogP contribution in [-0.4, -0.2) is 36.3 Å². The van der Waals surface area contributed by atoms with E-state index in [4.69, 9.17) is 9.26 Å². The van der Waals surface area contributed by atoms with E-state index in [2.05, 4.69) is 15.5 Å². The molecule has 0 bridgehead atoms. The summed E-state index contributed by atoms with van der Waals surface area (Å²) in [6.45, 7) is 1.06. The quantitative estimate of drug-likeness (QED) is 0.926. The summed E-state index contributed by atoms with van der Waals surface area (Å²) in [7, 11) is 1.55. The molecule has 0 atom stereocenters. The summed E-state index contributed by atoms with van der Waals surface area (Å²) in [6, 6.07) is 6.43. The second kappa shape index (κ2) is 6.45. The zero-order valence-corrected chi connectivity index (χ0v) is 12.8. The first-order valence-electron chi connectivity index (χ1n) is 7.51. The Balaban J connectivity index is 1.98. The third kappa shape index (κ3) is 3.10. The van der Waals surface area contributed by atoms with E-state index < -0.39 is 5.41 Å². The van der Waals surface area contributed by atoms with Crippen molar-refractivity contribution in [2.24, 2.45) is 0 Å². The number of carbonyl (C=O) groups excluding carboxylic acids is 1. The van der Waals surface area contributed by atoms with Gasteiger partial charge in [-0.15, -0.1) is 0 Å². The summed E-state index contributed by atoms with van der Waals surface area (Å²) in [6.07, 6.45) is 1.30. The zero-order chi connectivity index (χ0) is 16.3. The smallest absolute Gasteiger partial charge is 0.237 e. The van der Waals surface area contributed by atoms with E-state index in [1.807, 2.05) is 6.07 Å². The zero-order valence-electron chi connectivity index (χ0n) is 12.8. The summed E-state index contributed by atoms with van der Waals surface area (Å²) >= 11 is 0. The van der Waals surface area contributed by atoms with Crippen molar-refractivity contribution < 1.29 is 18.4 Å². The SMILES string of the molecule is CNC(=O)Cc1noc(C2(c3cccc(F)c3)CCOCC2)n1. The Morgan fingerprint density at radius 2 is 2.17 bits per heavy atom. The number of aromatic nitrogens is 2. The van der Waals surface area contributed by atoms with Crippen LogP contribution in [0.1, 0.15) is 30.1 Å². The molecule has 3 rings (SSSR count). The minimum atomic E-state index is -0.575. The van der Waals surface area contributed by atoms with Gasteiger partial charge in [0.2, 0.25) is 11.8 Å². The monoisotopic (exact) mass is 319 g/mol. The lowest BCUT2D eigenvalue weighted by Gasteiger charge is -2.34. The van der Waals surface area contributed by atoms with Crippen LogP contribution in [0.3, 0.4) is 0 Å². The molecule has 0 radical (unpaired) electrons. The summed E-state index contributed by atoms with van der Waals surface area (Å²) < 4.78 is 24.5. The molecule has 122 valence electrons. The molecule has 1 fully saturated rings. The Bertz CT molecular complexity index is 695. The number of ether oxygens (including phenoxy) is 1. The van der Waals surface area contributed by atoms with Gasteiger partial charge in [-0.3, -0.25) is 4.79 Å². The van der Waals surface area contributed by atoms with Gasteiger partial charge in [-0.25, -0.2) is 4.39 Å². The van der Waals surface area contributed by atoms with Gasteiger partial charge in [0.25, 0.3) is 0 Å². The predicted molar refractivity (Wildman–Crippen MR) is 79.3 cm³/mol. The Labute approximate surface area is 133 Å². The van der Waals surface area contributed by atoms with E-state index in [9.17, 15) is 9.18 Å². The normalized spacial score (nSPS) is 17.0. The second-order valence-corrected chi connectivity index (χ2v) is 5.57. The van der Waals surface area contributed by atoms with Gasteiger partial charge in [0, 0.05) is 20.3 Å². The molecule has 1 amide bonds. The first-order chi connectivity index (χ1) is 11.1. The van der Waals surface area contributed by atoms with Crippen molar-refractivity contribution in [1.82, 2.24) is 15.5 Å². The van der Waals surface area contributed by atoms with E-state index in [0.29, 0.717) is 37.8 Å². The van der Waals surface area contributed by atoms with Gasteiger partial charge in [0.05, 0.1) is 11.8 Å². The number of nitrogens with zero attached hydrogens (tertiary/aromatic N) is 2. The van der Waals surface area contributed by atoms with Crippen LogP contribution in [0.25, 0.3) is 0 Å². The highest BCUT2D eigenvalue weighted by Gasteiger charge is 2.41. The number of nitrogens with one attached hydrogen (secondary N) is 1. The minimum Gasteiger partial charge on any atom is -0.381 e. The van der Waals surface area contributed by atoms with E-state index in [-0.39, 0.29) is 18.1 Å². The molecule has 1 N–H and O–H groups in total. The third-order valence-electron chi connectivity index (χ3n) is 4.20. The van der Waals surface area contributed by atoms with Crippen LogP contribution in [0.5, 0.6) is 0 Å². The Morgan fingerprint density at radius 1 is 1.39 bits per heavy atom. The lowest BCUT2D eigenvalue weighted by Crippen LogP contribution is -2.35. The Kier molecular flexibility index (Phi) is 4.38. The predicted octanol–water partition coefficient (Wildman–Crippen LogP) is 1.59. The lowest BCUT2D eigenvalue weighted by molar-refractivity contribution is -0.120. The highest BCUT2D eigenvalue weighted by molar-refractivity contribution is 5.77. The number of carbonyl (C=O) groups is 1. The molecule has 2 aromatic rings. The topological polar surface area (TPSA) is 77.2 Å². The molecule has 0 unspecified atom stereocenters. The maximum Gasteiger partial charge on any atom is 0.237 e. The molecular weight excluding hydrogens is 301 g/mol. The summed E-state index contributed by atoms with van der Waals surface area (Å²) in [4.78, 5) is 15.8. The molecule has 2 heterocycles. The highest BCUT2D eigenvalue weighted by Crippen LogP contribution is 2.40. The molecule has 1 aliphatic rings. The van der Waals surface area contributed by atoms with Crippen molar-refractivity contribution >= 4 is 5.91 Å². The van der Waals surface area contributed by atoms with Gasteiger partial charge in [0.1, 0.15) is 5.82 Å². The number of hydrogen-bond acceptors (Lipinski definition) is 5. The van der Waals surface area contributed by atoms with Crippen molar-refractivity contribution in [2.75, 3.05) is 20.3 Å². The van der Waals surface area contributed by atoms with Crippen molar-refractivity contribution in [3.63, 3.8) is 0 Å². The molecule has 0 spiro atoms. The second-order valence-electron chi connectivity index (χ2n) is 5.57. The summed E-state index contributed by atoms with van der Waals surface area (Å²) in [5.74, 6) is 0.231. The maximum atomic E-state index is 13.7. The third-order valence-corrected chi connectivity index (χ3v) is 4.20. The first kappa shape index (κ1) is 15.6. The number of rotatable bonds is 4. The van der Waals surface area contributed by atoms with E-state index in [1.54, 1.807) is 13.1 Å². The molecule has 0 aliphatic carbocycles. The molecule has 7 heteroatoms. The fraction of sp³-hybridized carbons (Fsp3) is 0.438. The van der Waals surface area contributed by atoms with Gasteiger partial charge >= 0.3 is 0 Å². The summed E-state index contributed by atoms with van der Waals surface area (Å²) in [5, 5.41) is 6.41. The van der Waals surface area contributed by atoms with Crippen molar-refractivity contribution in [1.29, 1.82) is 0 Å². The van der Waals surface area contributed by atoms with Crippen LogP contribution >= 0.6 is 0 Å². The fourth-order valence-electron chi connectivity index (χ4n) is 2.88. The molecule has 1 aromatic carbocycles. The van der Waals surface area contributed by atoms with Crippen LogP contribution in [0.4, 0.5) is 4.39 Å². The molecule has 6 nitrogen and oxygen atoms in total. The molecule has 1 saturated heterocycles. The number of amides is 1. The standard InChI is InChI=1S/C16H18FN3O3/c1-18-14(21)10-13-19-15(23-20-13)16(5-7-22-8-6-16)11-3-2-4-12(17)9-11/h2-4,9H,5-8,10H2,1H3,(H,18,21). The molecular formula is C16H18FN3O3. The van der Waals surface area contributed by atoms with Crippen molar-refractivity contribution in [3.05, 3.63) is 47.4 Å². The number of benzene rings is 1. The van der Waals surface area contributed by atoms with E-state index in [0.717, 1.165) is 5.56 Å². The van der Waals surface area contributed by atoms with E-state index >= 15 is 0 Å². The molecule has 1 aromatic heterocycles. The van der Waals surface area contributed by atoms with Gasteiger partial charge < -0.3 is 14.6 Å². The number of likely N-dealkylation sites (N-methyl/N-ethyl adjacent to an activating group) is 1. The average Bonchev–Trinajstić information content (AvgIpc) is 3.04. The van der Waals surface area contributed by atoms with Crippen LogP contribution in [0.2, 0.25) is 0 Å². The molecule has 1 aliphatic heterocycles. The van der Waals surface area contributed by atoms with Gasteiger partial charge in [-0.2, -0.15) is 4.98 Å². The van der Waals surface area contributed by atoms with Crippen LogP contribution < -0.4 is 5.32 Å². The maximum absolute atomic E-state index is 13.7. The average molecular weight is 319 g/mol. The lowest BCUT2D eigenvalue weighted by atomic mass is 9.74. The van der Waals surface area contributed by atoms with E-state index in [1.165, 1.54) is 12.1 Å². The highest BCUT2D eigenvalue weighted by atomic mass is 19.1. The number of hydrogen-bond donors (Lipinski definition) is 1. The number of halogens is 1. The van der Waals surface area contributed by atoms with Crippen LogP contribution in [0.15, 0.2) is 28.8 Å². The minimum absolute atomic E-state index is 0.0513. The van der Waals surface area contributed by atoms with Crippen LogP contribution in [-0.2, 0) is 21.4 Å². The molecule has 0 saturated carbocycles. The molecule has 23 heavy (non-hydrogen) atoms. The van der Waals surface area contributed by atoms with Crippen LogP contribution in [0, 0.1) is 5.82 Å². The van der Waals surface area contributed by atoms with Gasteiger partial charge in [-0.1, -0.05) is 17.3 Å². The largest absolute Gasteiger partial charge is 0.381 e. The Morgan fingerprint density at radius 3 is 2.87 bits per heavy atom. The summed E-state index contributed by atoms with van der Waals surface area (Å²) in [5.41, 5.74) is 0.213. The Hall–Kier alpha value is -2.28. The van der Waals surface area contributed by atoms with Crippen molar-refractivity contribution in [3.8, 4) is 0 Å². The van der Waals surface area contributed by atoms with Gasteiger partial charge in [-0.05, 0) is 30.5 Å². The fourth-order valence-corrected chi connectivity index (χ4v) is 2.88. The van der Waals surface area contributed by atoms with Crippen molar-refractivity contribution in [2.45, 2.75) is 24.7 Å².